The van der Waals surface area contributed by atoms with Gasteiger partial charge in [0, 0.05) is 22.1 Å². The SMILES string of the molecule is CC(=O)Nc1nc(CCc2ccc(CC(C)C(=O)O)s2)cs1. The van der Waals surface area contributed by atoms with Gasteiger partial charge in [0.15, 0.2) is 5.13 Å². The smallest absolute Gasteiger partial charge is 0.306 e. The Kier molecular flexibility index (Phi) is 5.68. The van der Waals surface area contributed by atoms with Gasteiger partial charge in [0.2, 0.25) is 5.91 Å². The molecule has 1 amide bonds. The second-order valence-corrected chi connectivity index (χ2v) is 7.25. The number of carboxylic acids is 1. The molecule has 2 aromatic rings. The molecule has 2 heterocycles. The van der Waals surface area contributed by atoms with Crippen LogP contribution >= 0.6 is 22.7 Å². The molecule has 0 bridgehead atoms. The van der Waals surface area contributed by atoms with E-state index in [0.29, 0.717) is 11.6 Å². The van der Waals surface area contributed by atoms with Crippen molar-refractivity contribution < 1.29 is 14.7 Å². The monoisotopic (exact) mass is 338 g/mol. The lowest BCUT2D eigenvalue weighted by atomic mass is 10.1. The van der Waals surface area contributed by atoms with Crippen molar-refractivity contribution in [2.45, 2.75) is 33.1 Å². The van der Waals surface area contributed by atoms with Gasteiger partial charge in [0.05, 0.1) is 11.6 Å². The van der Waals surface area contributed by atoms with Gasteiger partial charge >= 0.3 is 5.97 Å². The fourth-order valence-corrected chi connectivity index (χ4v) is 3.87. The number of anilines is 1. The van der Waals surface area contributed by atoms with Gasteiger partial charge in [-0.2, -0.15) is 0 Å². The first-order valence-corrected chi connectivity index (χ1v) is 8.66. The normalized spacial score (nSPS) is 12.1. The second-order valence-electron chi connectivity index (χ2n) is 5.14. The summed E-state index contributed by atoms with van der Waals surface area (Å²) in [7, 11) is 0. The van der Waals surface area contributed by atoms with Gasteiger partial charge in [0.25, 0.3) is 0 Å². The number of nitrogens with zero attached hydrogens (tertiary/aromatic N) is 1. The summed E-state index contributed by atoms with van der Waals surface area (Å²) in [4.78, 5) is 28.5. The first kappa shape index (κ1) is 16.6. The van der Waals surface area contributed by atoms with E-state index in [1.807, 2.05) is 11.4 Å². The average molecular weight is 338 g/mol. The number of rotatable bonds is 7. The summed E-state index contributed by atoms with van der Waals surface area (Å²) in [6.07, 6.45) is 2.25. The van der Waals surface area contributed by atoms with E-state index in [1.165, 1.54) is 23.1 Å². The minimum absolute atomic E-state index is 0.114. The zero-order valence-corrected chi connectivity index (χ0v) is 14.1. The van der Waals surface area contributed by atoms with E-state index < -0.39 is 5.97 Å². The summed E-state index contributed by atoms with van der Waals surface area (Å²) in [5, 5.41) is 14.2. The molecule has 0 saturated heterocycles. The minimum atomic E-state index is -0.761. The maximum atomic E-state index is 11.0. The molecule has 0 aliphatic heterocycles. The van der Waals surface area contributed by atoms with Crippen LogP contribution in [0, 0.1) is 5.92 Å². The lowest BCUT2D eigenvalue weighted by Gasteiger charge is -2.02. The van der Waals surface area contributed by atoms with Crippen molar-refractivity contribution in [2.24, 2.45) is 5.92 Å². The molecule has 22 heavy (non-hydrogen) atoms. The van der Waals surface area contributed by atoms with Gasteiger partial charge in [-0.3, -0.25) is 9.59 Å². The molecule has 0 fully saturated rings. The zero-order chi connectivity index (χ0) is 16.1. The quantitative estimate of drug-likeness (QED) is 0.812. The van der Waals surface area contributed by atoms with Crippen molar-refractivity contribution in [3.8, 4) is 0 Å². The third-order valence-electron chi connectivity index (χ3n) is 3.11. The number of aryl methyl sites for hydroxylation is 2. The van der Waals surface area contributed by atoms with Crippen LogP contribution in [0.25, 0.3) is 0 Å². The summed E-state index contributed by atoms with van der Waals surface area (Å²) in [5.41, 5.74) is 0.961. The van der Waals surface area contributed by atoms with E-state index in [4.69, 9.17) is 5.11 Å². The van der Waals surface area contributed by atoms with Gasteiger partial charge in [0.1, 0.15) is 0 Å². The molecule has 5 nitrogen and oxygen atoms in total. The number of amides is 1. The van der Waals surface area contributed by atoms with Gasteiger partial charge in [-0.25, -0.2) is 4.98 Å². The molecule has 118 valence electrons. The van der Waals surface area contributed by atoms with Crippen LogP contribution in [0.1, 0.15) is 29.3 Å². The number of hydrogen-bond donors (Lipinski definition) is 2. The van der Waals surface area contributed by atoms with Crippen molar-refractivity contribution >= 4 is 39.7 Å². The molecular weight excluding hydrogens is 320 g/mol. The third-order valence-corrected chi connectivity index (χ3v) is 5.08. The molecule has 0 saturated carbocycles. The molecule has 2 aromatic heterocycles. The molecule has 0 aromatic carbocycles. The van der Waals surface area contributed by atoms with Crippen LogP contribution in [0.2, 0.25) is 0 Å². The standard InChI is InChI=1S/C15H18N2O3S2/c1-9(14(19)20)7-13-6-5-12(22-13)4-3-11-8-21-15(17-11)16-10(2)18/h5-6,8-9H,3-4,7H2,1-2H3,(H,19,20)(H,16,17,18). The fraction of sp³-hybridized carbons (Fsp3) is 0.400. The Balaban J connectivity index is 1.87. The van der Waals surface area contributed by atoms with E-state index in [2.05, 4.69) is 16.4 Å². The Bertz CT molecular complexity index is 663. The Morgan fingerprint density at radius 2 is 2.05 bits per heavy atom. The van der Waals surface area contributed by atoms with Crippen LogP contribution in [-0.2, 0) is 28.9 Å². The van der Waals surface area contributed by atoms with E-state index in [9.17, 15) is 9.59 Å². The number of nitrogens with one attached hydrogen (secondary N) is 1. The van der Waals surface area contributed by atoms with Gasteiger partial charge in [-0.1, -0.05) is 6.92 Å². The fourth-order valence-electron chi connectivity index (χ4n) is 1.94. The number of thiophene rings is 1. The number of aromatic nitrogens is 1. The Labute approximate surface area is 137 Å². The maximum absolute atomic E-state index is 11.0. The van der Waals surface area contributed by atoms with Crippen molar-refractivity contribution in [3.63, 3.8) is 0 Å². The maximum Gasteiger partial charge on any atom is 0.306 e. The molecule has 1 atom stereocenters. The van der Waals surface area contributed by atoms with E-state index in [1.54, 1.807) is 18.3 Å². The topological polar surface area (TPSA) is 79.3 Å². The molecule has 0 aliphatic carbocycles. The highest BCUT2D eigenvalue weighted by atomic mass is 32.1. The third kappa shape index (κ3) is 4.92. The van der Waals surface area contributed by atoms with Crippen LogP contribution in [0.15, 0.2) is 17.5 Å². The van der Waals surface area contributed by atoms with Gasteiger partial charge in [-0.15, -0.1) is 22.7 Å². The second kappa shape index (κ2) is 7.51. The van der Waals surface area contributed by atoms with Crippen molar-refractivity contribution in [2.75, 3.05) is 5.32 Å². The van der Waals surface area contributed by atoms with Crippen LogP contribution in [0.3, 0.4) is 0 Å². The van der Waals surface area contributed by atoms with Crippen molar-refractivity contribution in [3.05, 3.63) is 33.0 Å². The van der Waals surface area contributed by atoms with Crippen LogP contribution in [0.5, 0.6) is 0 Å². The van der Waals surface area contributed by atoms with E-state index in [0.717, 1.165) is 23.4 Å². The average Bonchev–Trinajstić information content (AvgIpc) is 3.05. The summed E-state index contributed by atoms with van der Waals surface area (Å²) < 4.78 is 0. The molecular formula is C15H18N2O3S2. The highest BCUT2D eigenvalue weighted by molar-refractivity contribution is 7.14. The lowest BCUT2D eigenvalue weighted by molar-refractivity contribution is -0.141. The number of carbonyl (C=O) groups excluding carboxylic acids is 1. The summed E-state index contributed by atoms with van der Waals surface area (Å²) in [5.74, 6) is -1.23. The van der Waals surface area contributed by atoms with E-state index >= 15 is 0 Å². The van der Waals surface area contributed by atoms with Gasteiger partial charge in [-0.05, 0) is 31.4 Å². The first-order chi connectivity index (χ1) is 10.4. The summed E-state index contributed by atoms with van der Waals surface area (Å²) in [6.45, 7) is 3.19. The van der Waals surface area contributed by atoms with Crippen molar-refractivity contribution in [1.82, 2.24) is 4.98 Å². The number of thiazole rings is 1. The molecule has 7 heteroatoms. The zero-order valence-electron chi connectivity index (χ0n) is 12.5. The molecule has 0 radical (unpaired) electrons. The summed E-state index contributed by atoms with van der Waals surface area (Å²) in [6, 6.07) is 4.05. The number of aliphatic carboxylic acids is 1. The highest BCUT2D eigenvalue weighted by Crippen LogP contribution is 2.22. The largest absolute Gasteiger partial charge is 0.481 e. The minimum Gasteiger partial charge on any atom is -0.481 e. The lowest BCUT2D eigenvalue weighted by Crippen LogP contribution is -2.11. The van der Waals surface area contributed by atoms with Crippen molar-refractivity contribution in [1.29, 1.82) is 0 Å². The van der Waals surface area contributed by atoms with Gasteiger partial charge < -0.3 is 10.4 Å². The Hall–Kier alpha value is -1.73. The molecule has 0 aliphatic rings. The Morgan fingerprint density at radius 1 is 1.32 bits per heavy atom. The van der Waals surface area contributed by atoms with Crippen LogP contribution in [0.4, 0.5) is 5.13 Å². The predicted molar refractivity (Wildman–Crippen MR) is 88.6 cm³/mol. The predicted octanol–water partition coefficient (Wildman–Crippen LogP) is 3.21. The van der Waals surface area contributed by atoms with Crippen LogP contribution < -0.4 is 5.32 Å². The Morgan fingerprint density at radius 3 is 2.73 bits per heavy atom. The molecule has 0 spiro atoms. The molecule has 2 N–H and O–H groups in total. The first-order valence-electron chi connectivity index (χ1n) is 6.96. The van der Waals surface area contributed by atoms with E-state index in [-0.39, 0.29) is 11.8 Å². The molecule has 2 rings (SSSR count). The highest BCUT2D eigenvalue weighted by Gasteiger charge is 2.13. The number of hydrogen-bond acceptors (Lipinski definition) is 5. The molecule has 1 unspecified atom stereocenters. The number of carboxylic acid groups (broad SMARTS) is 1. The van der Waals surface area contributed by atoms with Crippen LogP contribution in [-0.4, -0.2) is 22.0 Å². The summed E-state index contributed by atoms with van der Waals surface area (Å²) >= 11 is 3.08. The number of carbonyl (C=O) groups is 2.